The summed E-state index contributed by atoms with van der Waals surface area (Å²) in [6, 6.07) is 0. The normalized spacial score (nSPS) is 13.2. The minimum absolute atomic E-state index is 0.549. The van der Waals surface area contributed by atoms with Crippen molar-refractivity contribution in [2.24, 2.45) is 0 Å². The first-order chi connectivity index (χ1) is 6.27. The highest BCUT2D eigenvalue weighted by Gasteiger charge is 2.09. The van der Waals surface area contributed by atoms with E-state index in [1.165, 1.54) is 0 Å². The van der Waals surface area contributed by atoms with Gasteiger partial charge in [0.1, 0.15) is 10.0 Å². The first-order valence-electron chi connectivity index (χ1n) is 4.80. The van der Waals surface area contributed by atoms with E-state index < -0.39 is 0 Å². The Labute approximate surface area is 83.6 Å². The Bertz CT molecular complexity index is 247. The van der Waals surface area contributed by atoms with Crippen LogP contribution in [0.25, 0.3) is 0 Å². The SMILES string of the molecule is CCNCc1nnc(C(C)CC)s1. The van der Waals surface area contributed by atoms with Crippen molar-refractivity contribution in [3.8, 4) is 0 Å². The Morgan fingerprint density at radius 2 is 2.15 bits per heavy atom. The lowest BCUT2D eigenvalue weighted by molar-refractivity contribution is 0.698. The maximum Gasteiger partial charge on any atom is 0.131 e. The zero-order chi connectivity index (χ0) is 9.68. The highest BCUT2D eigenvalue weighted by atomic mass is 32.1. The molecular weight excluding hydrogens is 182 g/mol. The van der Waals surface area contributed by atoms with Gasteiger partial charge >= 0.3 is 0 Å². The number of rotatable bonds is 5. The number of nitrogens with zero attached hydrogens (tertiary/aromatic N) is 2. The second-order valence-corrected chi connectivity index (χ2v) is 4.22. The molecule has 0 radical (unpaired) electrons. The molecule has 0 aliphatic carbocycles. The van der Waals surface area contributed by atoms with Crippen LogP contribution in [-0.4, -0.2) is 16.7 Å². The van der Waals surface area contributed by atoms with Gasteiger partial charge in [-0.15, -0.1) is 10.2 Å². The fraction of sp³-hybridized carbons (Fsp3) is 0.778. The zero-order valence-corrected chi connectivity index (χ0v) is 9.32. The van der Waals surface area contributed by atoms with Gasteiger partial charge in [-0.3, -0.25) is 0 Å². The maximum absolute atomic E-state index is 4.17. The molecule has 0 bridgehead atoms. The molecule has 1 aromatic heterocycles. The highest BCUT2D eigenvalue weighted by molar-refractivity contribution is 7.11. The van der Waals surface area contributed by atoms with Gasteiger partial charge in [-0.2, -0.15) is 0 Å². The number of hydrogen-bond acceptors (Lipinski definition) is 4. The summed E-state index contributed by atoms with van der Waals surface area (Å²) in [4.78, 5) is 0. The van der Waals surface area contributed by atoms with Gasteiger partial charge in [0.25, 0.3) is 0 Å². The van der Waals surface area contributed by atoms with Gasteiger partial charge in [0, 0.05) is 12.5 Å². The summed E-state index contributed by atoms with van der Waals surface area (Å²) in [7, 11) is 0. The van der Waals surface area contributed by atoms with Gasteiger partial charge in [0.05, 0.1) is 0 Å². The predicted octanol–water partition coefficient (Wildman–Crippen LogP) is 2.16. The average molecular weight is 199 g/mol. The fourth-order valence-electron chi connectivity index (χ4n) is 0.944. The largest absolute Gasteiger partial charge is 0.311 e. The van der Waals surface area contributed by atoms with Crippen molar-refractivity contribution in [3.05, 3.63) is 10.0 Å². The summed E-state index contributed by atoms with van der Waals surface area (Å²) in [5.74, 6) is 0.549. The predicted molar refractivity (Wildman–Crippen MR) is 56.0 cm³/mol. The molecule has 0 saturated carbocycles. The second-order valence-electron chi connectivity index (χ2n) is 3.12. The van der Waals surface area contributed by atoms with E-state index in [0.717, 1.165) is 29.5 Å². The quantitative estimate of drug-likeness (QED) is 0.789. The molecule has 13 heavy (non-hydrogen) atoms. The van der Waals surface area contributed by atoms with E-state index >= 15 is 0 Å². The van der Waals surface area contributed by atoms with E-state index in [4.69, 9.17) is 0 Å². The van der Waals surface area contributed by atoms with Crippen LogP contribution in [-0.2, 0) is 6.54 Å². The summed E-state index contributed by atoms with van der Waals surface area (Å²) < 4.78 is 0. The molecule has 1 rings (SSSR count). The Hall–Kier alpha value is -0.480. The molecule has 0 saturated heterocycles. The maximum atomic E-state index is 4.17. The van der Waals surface area contributed by atoms with Crippen molar-refractivity contribution < 1.29 is 0 Å². The van der Waals surface area contributed by atoms with Crippen LogP contribution in [0.5, 0.6) is 0 Å². The molecule has 0 aliphatic heterocycles. The minimum Gasteiger partial charge on any atom is -0.311 e. The second kappa shape index (κ2) is 5.29. The standard InChI is InChI=1S/C9H17N3S/c1-4-7(3)9-12-11-8(13-9)6-10-5-2/h7,10H,4-6H2,1-3H3. The third-order valence-corrected chi connectivity index (χ3v) is 3.20. The highest BCUT2D eigenvalue weighted by Crippen LogP contribution is 2.21. The van der Waals surface area contributed by atoms with E-state index in [1.807, 2.05) is 0 Å². The van der Waals surface area contributed by atoms with Gasteiger partial charge in [0.2, 0.25) is 0 Å². The molecule has 1 aromatic rings. The molecular formula is C9H17N3S. The van der Waals surface area contributed by atoms with E-state index in [0.29, 0.717) is 5.92 Å². The zero-order valence-electron chi connectivity index (χ0n) is 8.50. The van der Waals surface area contributed by atoms with E-state index in [1.54, 1.807) is 11.3 Å². The van der Waals surface area contributed by atoms with E-state index in [9.17, 15) is 0 Å². The molecule has 0 amide bonds. The van der Waals surface area contributed by atoms with Crippen molar-refractivity contribution in [3.63, 3.8) is 0 Å². The Morgan fingerprint density at radius 3 is 2.77 bits per heavy atom. The van der Waals surface area contributed by atoms with Crippen molar-refractivity contribution in [2.75, 3.05) is 6.54 Å². The molecule has 74 valence electrons. The summed E-state index contributed by atoms with van der Waals surface area (Å²) in [5.41, 5.74) is 0. The molecule has 4 heteroatoms. The third-order valence-electron chi connectivity index (χ3n) is 2.04. The van der Waals surface area contributed by atoms with Gasteiger partial charge in [-0.05, 0) is 13.0 Å². The molecule has 1 N–H and O–H groups in total. The monoisotopic (exact) mass is 199 g/mol. The topological polar surface area (TPSA) is 37.8 Å². The van der Waals surface area contributed by atoms with Crippen molar-refractivity contribution in [1.29, 1.82) is 0 Å². The van der Waals surface area contributed by atoms with Gasteiger partial charge in [-0.25, -0.2) is 0 Å². The Kier molecular flexibility index (Phi) is 4.32. The summed E-state index contributed by atoms with van der Waals surface area (Å²) in [5, 5.41) is 13.8. The summed E-state index contributed by atoms with van der Waals surface area (Å²) >= 11 is 1.72. The van der Waals surface area contributed by atoms with Gasteiger partial charge in [-0.1, -0.05) is 32.1 Å². The smallest absolute Gasteiger partial charge is 0.131 e. The molecule has 0 aliphatic rings. The van der Waals surface area contributed by atoms with Crippen LogP contribution in [0.15, 0.2) is 0 Å². The van der Waals surface area contributed by atoms with E-state index in [2.05, 4.69) is 36.3 Å². The summed E-state index contributed by atoms with van der Waals surface area (Å²) in [6.45, 7) is 8.30. The molecule has 0 spiro atoms. The van der Waals surface area contributed by atoms with Crippen LogP contribution in [0, 0.1) is 0 Å². The summed E-state index contributed by atoms with van der Waals surface area (Å²) in [6.07, 6.45) is 1.13. The number of aromatic nitrogens is 2. The van der Waals surface area contributed by atoms with Crippen molar-refractivity contribution >= 4 is 11.3 Å². The first-order valence-corrected chi connectivity index (χ1v) is 5.62. The fourth-order valence-corrected chi connectivity index (χ4v) is 1.89. The molecule has 1 atom stereocenters. The third kappa shape index (κ3) is 3.04. The van der Waals surface area contributed by atoms with Crippen LogP contribution in [0.2, 0.25) is 0 Å². The molecule has 0 aromatic carbocycles. The lowest BCUT2D eigenvalue weighted by atomic mass is 10.1. The Balaban J connectivity index is 2.53. The lowest BCUT2D eigenvalue weighted by Gasteiger charge is -2.00. The number of hydrogen-bond donors (Lipinski definition) is 1. The van der Waals surface area contributed by atoms with Crippen molar-refractivity contribution in [1.82, 2.24) is 15.5 Å². The van der Waals surface area contributed by atoms with Crippen LogP contribution in [0.1, 0.15) is 43.1 Å². The average Bonchev–Trinajstić information content (AvgIpc) is 2.62. The van der Waals surface area contributed by atoms with Crippen molar-refractivity contribution in [2.45, 2.75) is 39.7 Å². The number of nitrogens with one attached hydrogen (secondary N) is 1. The van der Waals surface area contributed by atoms with E-state index in [-0.39, 0.29) is 0 Å². The molecule has 1 unspecified atom stereocenters. The van der Waals surface area contributed by atoms with Crippen LogP contribution in [0.3, 0.4) is 0 Å². The molecule has 1 heterocycles. The lowest BCUT2D eigenvalue weighted by Crippen LogP contribution is -2.11. The van der Waals surface area contributed by atoms with Crippen LogP contribution >= 0.6 is 11.3 Å². The minimum atomic E-state index is 0.549. The van der Waals surface area contributed by atoms with Gasteiger partial charge < -0.3 is 5.32 Å². The van der Waals surface area contributed by atoms with Gasteiger partial charge in [0.15, 0.2) is 0 Å². The van der Waals surface area contributed by atoms with Crippen LogP contribution < -0.4 is 5.32 Å². The Morgan fingerprint density at radius 1 is 1.38 bits per heavy atom. The molecule has 0 fully saturated rings. The first kappa shape index (κ1) is 10.6. The molecule has 3 nitrogen and oxygen atoms in total. The van der Waals surface area contributed by atoms with Crippen LogP contribution in [0.4, 0.5) is 0 Å².